The summed E-state index contributed by atoms with van der Waals surface area (Å²) >= 11 is 0. The van der Waals surface area contributed by atoms with Crippen LogP contribution in [0.25, 0.3) is 0 Å². The van der Waals surface area contributed by atoms with Crippen LogP contribution in [0.2, 0.25) is 0 Å². The molecule has 1 aromatic carbocycles. The van der Waals surface area contributed by atoms with E-state index < -0.39 is 0 Å². The number of benzene rings is 1. The average Bonchev–Trinajstić information content (AvgIpc) is 2.22. The molecule has 2 rings (SSSR count). The van der Waals surface area contributed by atoms with Crippen LogP contribution in [0.4, 0.5) is 5.69 Å². The summed E-state index contributed by atoms with van der Waals surface area (Å²) in [5.41, 5.74) is 2.10. The molecular weight excluding hydrogens is 194 g/mol. The summed E-state index contributed by atoms with van der Waals surface area (Å²) in [5, 5.41) is 3.54. The van der Waals surface area contributed by atoms with Crippen molar-refractivity contribution in [2.45, 2.75) is 32.7 Å². The van der Waals surface area contributed by atoms with Crippen molar-refractivity contribution in [2.24, 2.45) is 11.8 Å². The Kier molecular flexibility index (Phi) is 3.19. The van der Waals surface area contributed by atoms with Crippen LogP contribution in [0.3, 0.4) is 0 Å². The van der Waals surface area contributed by atoms with Crippen LogP contribution in [0, 0.1) is 24.2 Å². The van der Waals surface area contributed by atoms with Crippen LogP contribution in [0.5, 0.6) is 0 Å². The minimum absolute atomic E-state index is 0.639. The normalized spacial score (nSPS) is 23.6. The minimum Gasteiger partial charge on any atom is -0.382 e. The smallest absolute Gasteiger partial charge is 0.0354 e. The Balaban J connectivity index is 1.89. The molecule has 0 aliphatic heterocycles. The highest BCUT2D eigenvalue weighted by molar-refractivity contribution is 5.50. The quantitative estimate of drug-likeness (QED) is 0.758. The van der Waals surface area contributed by atoms with E-state index in [0.29, 0.717) is 6.04 Å². The van der Waals surface area contributed by atoms with Gasteiger partial charge in [0.2, 0.25) is 0 Å². The molecular formula is C15H19N. The molecule has 84 valence electrons. The zero-order valence-corrected chi connectivity index (χ0v) is 10.0. The molecule has 0 saturated heterocycles. The summed E-state index contributed by atoms with van der Waals surface area (Å²) in [6.07, 6.45) is 7.96. The molecule has 1 aliphatic carbocycles. The second kappa shape index (κ2) is 4.61. The Labute approximate surface area is 98.3 Å². The van der Waals surface area contributed by atoms with E-state index in [4.69, 9.17) is 6.42 Å². The van der Waals surface area contributed by atoms with E-state index in [1.54, 1.807) is 0 Å². The molecule has 1 heteroatoms. The van der Waals surface area contributed by atoms with E-state index in [-0.39, 0.29) is 0 Å². The van der Waals surface area contributed by atoms with Gasteiger partial charge in [-0.1, -0.05) is 25.8 Å². The topological polar surface area (TPSA) is 12.0 Å². The number of hydrogen-bond acceptors (Lipinski definition) is 1. The molecule has 0 unspecified atom stereocenters. The van der Waals surface area contributed by atoms with Gasteiger partial charge in [-0.25, -0.2) is 0 Å². The van der Waals surface area contributed by atoms with E-state index in [1.807, 2.05) is 18.2 Å². The first kappa shape index (κ1) is 11.1. The number of rotatable bonds is 3. The first-order chi connectivity index (χ1) is 7.69. The Morgan fingerprint density at radius 3 is 2.75 bits per heavy atom. The molecule has 0 aromatic heterocycles. The van der Waals surface area contributed by atoms with E-state index >= 15 is 0 Å². The van der Waals surface area contributed by atoms with Crippen molar-refractivity contribution in [1.29, 1.82) is 0 Å². The summed E-state index contributed by atoms with van der Waals surface area (Å²) in [7, 11) is 0. The highest BCUT2D eigenvalue weighted by Gasteiger charge is 2.30. The molecule has 1 aromatic rings. The van der Waals surface area contributed by atoms with Crippen LogP contribution >= 0.6 is 0 Å². The van der Waals surface area contributed by atoms with Gasteiger partial charge < -0.3 is 5.32 Å². The molecule has 0 bridgehead atoms. The van der Waals surface area contributed by atoms with Gasteiger partial charge in [0.25, 0.3) is 0 Å². The molecule has 0 amide bonds. The summed E-state index contributed by atoms with van der Waals surface area (Å²) < 4.78 is 0. The van der Waals surface area contributed by atoms with Gasteiger partial charge in [0.15, 0.2) is 0 Å². The van der Waals surface area contributed by atoms with Gasteiger partial charge in [-0.3, -0.25) is 0 Å². The highest BCUT2D eigenvalue weighted by Crippen LogP contribution is 2.35. The van der Waals surface area contributed by atoms with Crippen molar-refractivity contribution < 1.29 is 0 Å². The van der Waals surface area contributed by atoms with Gasteiger partial charge in [0.1, 0.15) is 0 Å². The molecule has 1 aliphatic rings. The third-order valence-corrected chi connectivity index (χ3v) is 3.52. The van der Waals surface area contributed by atoms with Crippen LogP contribution < -0.4 is 5.32 Å². The molecule has 0 atom stereocenters. The van der Waals surface area contributed by atoms with E-state index in [1.165, 1.54) is 12.8 Å². The Bertz CT molecular complexity index is 394. The van der Waals surface area contributed by atoms with Gasteiger partial charge in [-0.05, 0) is 42.9 Å². The molecule has 0 spiro atoms. The summed E-state index contributed by atoms with van der Waals surface area (Å²) in [5.74, 6) is 4.38. The fourth-order valence-corrected chi connectivity index (χ4v) is 2.26. The fraction of sp³-hybridized carbons (Fsp3) is 0.467. The predicted octanol–water partition coefficient (Wildman–Crippen LogP) is 3.51. The summed E-state index contributed by atoms with van der Waals surface area (Å²) in [6, 6.07) is 8.74. The minimum atomic E-state index is 0.639. The largest absolute Gasteiger partial charge is 0.382 e. The lowest BCUT2D eigenvalue weighted by Gasteiger charge is -2.39. The van der Waals surface area contributed by atoms with Gasteiger partial charge in [0, 0.05) is 17.3 Å². The van der Waals surface area contributed by atoms with Crippen molar-refractivity contribution in [1.82, 2.24) is 0 Å². The van der Waals surface area contributed by atoms with Crippen LogP contribution in [0.1, 0.15) is 32.3 Å². The first-order valence-corrected chi connectivity index (χ1v) is 6.02. The first-order valence-electron chi connectivity index (χ1n) is 6.02. The zero-order valence-electron chi connectivity index (χ0n) is 10.0. The third kappa shape index (κ3) is 2.39. The average molecular weight is 213 g/mol. The second-order valence-corrected chi connectivity index (χ2v) is 5.04. The van der Waals surface area contributed by atoms with Crippen LogP contribution in [0.15, 0.2) is 24.3 Å². The van der Waals surface area contributed by atoms with Crippen LogP contribution in [-0.2, 0) is 0 Å². The maximum Gasteiger partial charge on any atom is 0.0354 e. The Hall–Kier alpha value is -1.42. The van der Waals surface area contributed by atoms with Crippen molar-refractivity contribution in [3.63, 3.8) is 0 Å². The van der Waals surface area contributed by atoms with E-state index in [0.717, 1.165) is 23.1 Å². The van der Waals surface area contributed by atoms with E-state index in [9.17, 15) is 0 Å². The third-order valence-electron chi connectivity index (χ3n) is 3.52. The maximum atomic E-state index is 5.38. The van der Waals surface area contributed by atoms with Crippen molar-refractivity contribution in [2.75, 3.05) is 5.32 Å². The lowest BCUT2D eigenvalue weighted by atomic mass is 9.73. The highest BCUT2D eigenvalue weighted by atomic mass is 14.9. The van der Waals surface area contributed by atoms with E-state index in [2.05, 4.69) is 31.2 Å². The number of nitrogens with one attached hydrogen (secondary N) is 1. The Morgan fingerprint density at radius 1 is 1.38 bits per heavy atom. The molecule has 1 N–H and O–H groups in total. The van der Waals surface area contributed by atoms with Gasteiger partial charge in [-0.2, -0.15) is 0 Å². The standard InChI is InChI=1S/C15H19N/c1-4-12-6-5-7-14(8-12)16-15-9-13(10-15)11(2)3/h1,5-8,11,13,15-16H,9-10H2,2-3H3. The SMILES string of the molecule is C#Cc1cccc(NC2CC(C(C)C)C2)c1. The zero-order chi connectivity index (χ0) is 11.5. The predicted molar refractivity (Wildman–Crippen MR) is 69.3 cm³/mol. The molecule has 0 radical (unpaired) electrons. The molecule has 0 heterocycles. The summed E-state index contributed by atoms with van der Waals surface area (Å²) in [6.45, 7) is 4.61. The van der Waals surface area contributed by atoms with Crippen molar-refractivity contribution >= 4 is 5.69 Å². The lowest BCUT2D eigenvalue weighted by Crippen LogP contribution is -2.37. The Morgan fingerprint density at radius 2 is 2.12 bits per heavy atom. The second-order valence-electron chi connectivity index (χ2n) is 5.04. The number of anilines is 1. The van der Waals surface area contributed by atoms with Gasteiger partial charge in [-0.15, -0.1) is 6.42 Å². The monoisotopic (exact) mass is 213 g/mol. The number of terminal acetylenes is 1. The number of hydrogen-bond donors (Lipinski definition) is 1. The van der Waals surface area contributed by atoms with Crippen molar-refractivity contribution in [3.05, 3.63) is 29.8 Å². The molecule has 1 saturated carbocycles. The van der Waals surface area contributed by atoms with Crippen LogP contribution in [-0.4, -0.2) is 6.04 Å². The van der Waals surface area contributed by atoms with Crippen molar-refractivity contribution in [3.8, 4) is 12.3 Å². The molecule has 1 fully saturated rings. The lowest BCUT2D eigenvalue weighted by molar-refractivity contribution is 0.212. The summed E-state index contributed by atoms with van der Waals surface area (Å²) in [4.78, 5) is 0. The maximum absolute atomic E-state index is 5.38. The van der Waals surface area contributed by atoms with Gasteiger partial charge in [0.05, 0.1) is 0 Å². The molecule has 16 heavy (non-hydrogen) atoms. The van der Waals surface area contributed by atoms with Gasteiger partial charge >= 0.3 is 0 Å². The fourth-order valence-electron chi connectivity index (χ4n) is 2.26. The molecule has 1 nitrogen and oxygen atoms in total.